The van der Waals surface area contributed by atoms with E-state index in [1.54, 1.807) is 18.1 Å². The molecule has 1 aliphatic rings. The summed E-state index contributed by atoms with van der Waals surface area (Å²) < 4.78 is 11.5. The van der Waals surface area contributed by atoms with Crippen molar-refractivity contribution in [3.8, 4) is 11.3 Å². The van der Waals surface area contributed by atoms with Crippen molar-refractivity contribution in [3.63, 3.8) is 0 Å². The van der Waals surface area contributed by atoms with Crippen LogP contribution in [0.15, 0.2) is 34.8 Å². The van der Waals surface area contributed by atoms with E-state index in [-0.39, 0.29) is 12.2 Å². The molecule has 2 aromatic rings. The summed E-state index contributed by atoms with van der Waals surface area (Å²) in [6.07, 6.45) is -0.369. The van der Waals surface area contributed by atoms with Crippen LogP contribution < -0.4 is 0 Å². The molecular weight excluding hydrogens is 350 g/mol. The summed E-state index contributed by atoms with van der Waals surface area (Å²) in [6, 6.07) is 9.55. The molecule has 0 spiro atoms. The molecule has 22 heavy (non-hydrogen) atoms. The number of amides is 1. The van der Waals surface area contributed by atoms with Gasteiger partial charge in [0.25, 0.3) is 5.91 Å². The predicted molar refractivity (Wildman–Crippen MR) is 84.4 cm³/mol. The van der Waals surface area contributed by atoms with Gasteiger partial charge in [-0.15, -0.1) is 0 Å². The molecule has 1 fully saturated rings. The van der Waals surface area contributed by atoms with E-state index in [2.05, 4.69) is 26.1 Å². The van der Waals surface area contributed by atoms with Crippen LogP contribution in [0.5, 0.6) is 0 Å². The molecule has 1 amide bonds. The zero-order valence-corrected chi connectivity index (χ0v) is 13.7. The van der Waals surface area contributed by atoms with Crippen molar-refractivity contribution in [2.75, 3.05) is 26.8 Å². The zero-order chi connectivity index (χ0) is 15.5. The number of nitrogens with zero attached hydrogens (tertiary/aromatic N) is 2. The summed E-state index contributed by atoms with van der Waals surface area (Å²) in [7, 11) is 1.57. The summed E-state index contributed by atoms with van der Waals surface area (Å²) in [5.41, 5.74) is 2.16. The first-order valence-corrected chi connectivity index (χ1v) is 7.71. The molecule has 1 N–H and O–H groups in total. The fourth-order valence-corrected chi connectivity index (χ4v) is 2.58. The van der Waals surface area contributed by atoms with Gasteiger partial charge in [-0.2, -0.15) is 5.10 Å². The second-order valence-corrected chi connectivity index (χ2v) is 5.88. The number of nitrogens with one attached hydrogen (secondary N) is 1. The van der Waals surface area contributed by atoms with E-state index in [1.807, 2.05) is 24.3 Å². The van der Waals surface area contributed by atoms with Gasteiger partial charge in [0, 0.05) is 23.7 Å². The van der Waals surface area contributed by atoms with E-state index in [1.165, 1.54) is 0 Å². The SMILES string of the molecule is COC1CN(C(=O)c2cc(-c3ccc(Br)cc3)n[nH]2)CCO1. The highest BCUT2D eigenvalue weighted by Gasteiger charge is 2.26. The summed E-state index contributed by atoms with van der Waals surface area (Å²) in [5, 5.41) is 7.04. The monoisotopic (exact) mass is 365 g/mol. The van der Waals surface area contributed by atoms with E-state index in [0.29, 0.717) is 25.4 Å². The van der Waals surface area contributed by atoms with E-state index in [4.69, 9.17) is 9.47 Å². The Morgan fingerprint density at radius 2 is 2.23 bits per heavy atom. The van der Waals surface area contributed by atoms with Crippen molar-refractivity contribution in [1.82, 2.24) is 15.1 Å². The van der Waals surface area contributed by atoms with Crippen molar-refractivity contribution >= 4 is 21.8 Å². The summed E-state index contributed by atoms with van der Waals surface area (Å²) >= 11 is 3.40. The highest BCUT2D eigenvalue weighted by atomic mass is 79.9. The second kappa shape index (κ2) is 6.60. The highest BCUT2D eigenvalue weighted by Crippen LogP contribution is 2.21. The lowest BCUT2D eigenvalue weighted by Crippen LogP contribution is -2.46. The lowest BCUT2D eigenvalue weighted by molar-refractivity contribution is -0.157. The average molecular weight is 366 g/mol. The maximum absolute atomic E-state index is 12.5. The Bertz CT molecular complexity index is 656. The largest absolute Gasteiger partial charge is 0.354 e. The number of H-pyrrole nitrogens is 1. The van der Waals surface area contributed by atoms with Crippen LogP contribution >= 0.6 is 15.9 Å². The summed E-state index contributed by atoms with van der Waals surface area (Å²) in [5.74, 6) is -0.0961. The molecule has 1 atom stereocenters. The minimum Gasteiger partial charge on any atom is -0.354 e. The molecule has 0 radical (unpaired) electrons. The van der Waals surface area contributed by atoms with E-state index in [0.717, 1.165) is 15.7 Å². The number of carbonyl (C=O) groups excluding carboxylic acids is 1. The molecule has 6 nitrogen and oxygen atoms in total. The Morgan fingerprint density at radius 3 is 2.95 bits per heavy atom. The van der Waals surface area contributed by atoms with Crippen molar-refractivity contribution in [1.29, 1.82) is 0 Å². The Kier molecular flexibility index (Phi) is 4.56. The number of morpholine rings is 1. The number of ether oxygens (including phenoxy) is 2. The molecule has 1 aliphatic heterocycles. The fraction of sp³-hybridized carbons (Fsp3) is 0.333. The van der Waals surface area contributed by atoms with Gasteiger partial charge in [0.1, 0.15) is 5.69 Å². The third-order valence-corrected chi connectivity index (χ3v) is 4.06. The fourth-order valence-electron chi connectivity index (χ4n) is 2.32. The van der Waals surface area contributed by atoms with Gasteiger partial charge in [-0.1, -0.05) is 28.1 Å². The normalized spacial score (nSPS) is 18.5. The number of methoxy groups -OCH3 is 1. The number of carbonyl (C=O) groups is 1. The number of hydrogen-bond acceptors (Lipinski definition) is 4. The topological polar surface area (TPSA) is 67.5 Å². The molecule has 1 aromatic carbocycles. The van der Waals surface area contributed by atoms with Crippen LogP contribution in [0.25, 0.3) is 11.3 Å². The number of hydrogen-bond donors (Lipinski definition) is 1. The maximum Gasteiger partial charge on any atom is 0.272 e. The standard InChI is InChI=1S/C15H16BrN3O3/c1-21-14-9-19(6-7-22-14)15(20)13-8-12(17-18-13)10-2-4-11(16)5-3-10/h2-5,8,14H,6-7,9H2,1H3,(H,17,18). The highest BCUT2D eigenvalue weighted by molar-refractivity contribution is 9.10. The summed E-state index contributed by atoms with van der Waals surface area (Å²) in [4.78, 5) is 14.2. The van der Waals surface area contributed by atoms with E-state index < -0.39 is 0 Å². The maximum atomic E-state index is 12.5. The van der Waals surface area contributed by atoms with Crippen LogP contribution in [-0.4, -0.2) is 54.1 Å². The molecule has 1 aromatic heterocycles. The minimum atomic E-state index is -0.369. The van der Waals surface area contributed by atoms with Crippen LogP contribution in [-0.2, 0) is 9.47 Å². The number of aromatic amines is 1. The Balaban J connectivity index is 1.75. The van der Waals surface area contributed by atoms with Crippen molar-refractivity contribution in [3.05, 3.63) is 40.5 Å². The molecule has 7 heteroatoms. The molecule has 0 saturated carbocycles. The van der Waals surface area contributed by atoms with Gasteiger partial charge in [0.2, 0.25) is 0 Å². The second-order valence-electron chi connectivity index (χ2n) is 4.96. The molecule has 3 rings (SSSR count). The summed E-state index contributed by atoms with van der Waals surface area (Å²) in [6.45, 7) is 1.44. The van der Waals surface area contributed by atoms with Crippen LogP contribution in [0.2, 0.25) is 0 Å². The predicted octanol–water partition coefficient (Wildman–Crippen LogP) is 2.28. The lowest BCUT2D eigenvalue weighted by Gasteiger charge is -2.31. The smallest absolute Gasteiger partial charge is 0.272 e. The lowest BCUT2D eigenvalue weighted by atomic mass is 10.1. The molecule has 116 valence electrons. The van der Waals surface area contributed by atoms with Crippen molar-refractivity contribution in [2.45, 2.75) is 6.29 Å². The quantitative estimate of drug-likeness (QED) is 0.905. The van der Waals surface area contributed by atoms with Gasteiger partial charge in [-0.3, -0.25) is 9.89 Å². The van der Waals surface area contributed by atoms with E-state index >= 15 is 0 Å². The van der Waals surface area contributed by atoms with Gasteiger partial charge in [-0.25, -0.2) is 0 Å². The Hall–Kier alpha value is -1.70. The van der Waals surface area contributed by atoms with Crippen molar-refractivity contribution < 1.29 is 14.3 Å². The molecule has 1 saturated heterocycles. The molecule has 2 heterocycles. The van der Waals surface area contributed by atoms with Gasteiger partial charge >= 0.3 is 0 Å². The molecule has 0 bridgehead atoms. The third-order valence-electron chi connectivity index (χ3n) is 3.53. The number of rotatable bonds is 3. The Morgan fingerprint density at radius 1 is 1.45 bits per heavy atom. The Labute approximate surface area is 136 Å². The first-order chi connectivity index (χ1) is 10.7. The van der Waals surface area contributed by atoms with Crippen LogP contribution in [0.1, 0.15) is 10.5 Å². The van der Waals surface area contributed by atoms with Crippen LogP contribution in [0.3, 0.4) is 0 Å². The third kappa shape index (κ3) is 3.21. The molecular formula is C15H16BrN3O3. The van der Waals surface area contributed by atoms with Crippen LogP contribution in [0, 0.1) is 0 Å². The number of aromatic nitrogens is 2. The minimum absolute atomic E-state index is 0.0961. The van der Waals surface area contributed by atoms with Crippen molar-refractivity contribution in [2.24, 2.45) is 0 Å². The first-order valence-electron chi connectivity index (χ1n) is 6.92. The molecule has 1 unspecified atom stereocenters. The van der Waals surface area contributed by atoms with Gasteiger partial charge in [-0.05, 0) is 18.2 Å². The van der Waals surface area contributed by atoms with Crippen LogP contribution in [0.4, 0.5) is 0 Å². The average Bonchev–Trinajstić information content (AvgIpc) is 3.05. The number of halogens is 1. The first kappa shape index (κ1) is 15.2. The van der Waals surface area contributed by atoms with Gasteiger partial charge < -0.3 is 14.4 Å². The van der Waals surface area contributed by atoms with Gasteiger partial charge in [0.15, 0.2) is 6.29 Å². The van der Waals surface area contributed by atoms with Gasteiger partial charge in [0.05, 0.1) is 18.8 Å². The zero-order valence-electron chi connectivity index (χ0n) is 12.1. The molecule has 0 aliphatic carbocycles. The van der Waals surface area contributed by atoms with E-state index in [9.17, 15) is 4.79 Å². The number of benzene rings is 1.